The normalized spacial score (nSPS) is 20.1. The second-order valence-corrected chi connectivity index (χ2v) is 6.33. The van der Waals surface area contributed by atoms with E-state index in [4.69, 9.17) is 9.84 Å². The summed E-state index contributed by atoms with van der Waals surface area (Å²) in [4.78, 5) is 28.2. The van der Waals surface area contributed by atoms with Gasteiger partial charge in [0.25, 0.3) is 5.91 Å². The summed E-state index contributed by atoms with van der Waals surface area (Å²) in [6.07, 6.45) is 0.314. The fourth-order valence-corrected chi connectivity index (χ4v) is 3.30. The zero-order chi connectivity index (χ0) is 18.7. The number of benzene rings is 1. The Kier molecular flexibility index (Phi) is 5.43. The van der Waals surface area contributed by atoms with Crippen molar-refractivity contribution in [3.8, 4) is 0 Å². The summed E-state index contributed by atoms with van der Waals surface area (Å²) in [5, 5.41) is 22.0. The number of rotatable bonds is 6. The number of esters is 1. The third-order valence-electron chi connectivity index (χ3n) is 4.62. The van der Waals surface area contributed by atoms with Crippen molar-refractivity contribution in [2.75, 3.05) is 50.1 Å². The first-order chi connectivity index (χ1) is 12.5. The van der Waals surface area contributed by atoms with Crippen molar-refractivity contribution in [1.82, 2.24) is 4.90 Å². The number of anilines is 2. The van der Waals surface area contributed by atoms with E-state index in [-0.39, 0.29) is 43.0 Å². The van der Waals surface area contributed by atoms with Gasteiger partial charge in [-0.1, -0.05) is 12.1 Å². The van der Waals surface area contributed by atoms with Gasteiger partial charge in [-0.25, -0.2) is 4.79 Å². The SMILES string of the molecule is COC(=O)C1=C(Nc2ccccc2N2CCC(O)C2)C(=O)N(CCO)C1. The van der Waals surface area contributed by atoms with Crippen molar-refractivity contribution in [3.05, 3.63) is 35.5 Å². The lowest BCUT2D eigenvalue weighted by molar-refractivity contribution is -0.136. The molecule has 0 bridgehead atoms. The third kappa shape index (κ3) is 3.51. The van der Waals surface area contributed by atoms with Crippen LogP contribution in [0.25, 0.3) is 0 Å². The molecule has 2 aliphatic rings. The van der Waals surface area contributed by atoms with Gasteiger partial charge in [-0.3, -0.25) is 4.79 Å². The van der Waals surface area contributed by atoms with E-state index in [1.807, 2.05) is 29.2 Å². The maximum atomic E-state index is 12.6. The number of carbonyl (C=O) groups is 2. The Bertz CT molecular complexity index is 733. The van der Waals surface area contributed by atoms with Crippen molar-refractivity contribution in [2.45, 2.75) is 12.5 Å². The van der Waals surface area contributed by atoms with Gasteiger partial charge < -0.3 is 30.1 Å². The highest BCUT2D eigenvalue weighted by molar-refractivity contribution is 6.09. The zero-order valence-corrected chi connectivity index (χ0v) is 14.6. The van der Waals surface area contributed by atoms with Crippen LogP contribution in [-0.2, 0) is 14.3 Å². The Labute approximate surface area is 151 Å². The maximum Gasteiger partial charge on any atom is 0.337 e. The molecule has 1 fully saturated rings. The fourth-order valence-electron chi connectivity index (χ4n) is 3.30. The molecule has 3 N–H and O–H groups in total. The summed E-state index contributed by atoms with van der Waals surface area (Å²) in [7, 11) is 1.27. The van der Waals surface area contributed by atoms with Crippen molar-refractivity contribution in [3.63, 3.8) is 0 Å². The summed E-state index contributed by atoms with van der Waals surface area (Å²) in [6, 6.07) is 7.45. The molecule has 140 valence electrons. The highest BCUT2D eigenvalue weighted by atomic mass is 16.5. The zero-order valence-electron chi connectivity index (χ0n) is 14.6. The molecule has 0 spiro atoms. The molecule has 2 heterocycles. The minimum absolute atomic E-state index is 0.0962. The fraction of sp³-hybridized carbons (Fsp3) is 0.444. The maximum absolute atomic E-state index is 12.6. The Morgan fingerprint density at radius 3 is 2.81 bits per heavy atom. The van der Waals surface area contributed by atoms with E-state index in [0.717, 1.165) is 5.69 Å². The van der Waals surface area contributed by atoms with E-state index in [0.29, 0.717) is 25.2 Å². The van der Waals surface area contributed by atoms with E-state index >= 15 is 0 Å². The number of para-hydroxylation sites is 2. The summed E-state index contributed by atoms with van der Waals surface area (Å²) >= 11 is 0. The first kappa shape index (κ1) is 18.2. The van der Waals surface area contributed by atoms with Crippen LogP contribution in [-0.4, -0.2) is 73.0 Å². The smallest absolute Gasteiger partial charge is 0.337 e. The van der Waals surface area contributed by atoms with E-state index in [1.165, 1.54) is 12.0 Å². The molecule has 1 amide bonds. The Morgan fingerprint density at radius 1 is 1.38 bits per heavy atom. The number of hydrogen-bond donors (Lipinski definition) is 3. The lowest BCUT2D eigenvalue weighted by atomic mass is 10.2. The summed E-state index contributed by atoms with van der Waals surface area (Å²) in [6.45, 7) is 1.29. The molecular formula is C18H23N3O5. The first-order valence-corrected chi connectivity index (χ1v) is 8.55. The number of β-amino-alcohol motifs (C(OH)–C–C–N with tert-alkyl or cyclic N) is 2. The van der Waals surface area contributed by atoms with Gasteiger partial charge in [0.2, 0.25) is 0 Å². The molecule has 1 saturated heterocycles. The quantitative estimate of drug-likeness (QED) is 0.610. The van der Waals surface area contributed by atoms with Crippen molar-refractivity contribution in [1.29, 1.82) is 0 Å². The average Bonchev–Trinajstić information content (AvgIpc) is 3.20. The molecule has 3 rings (SSSR count). The number of carbonyl (C=O) groups excluding carboxylic acids is 2. The molecule has 0 aromatic heterocycles. The average molecular weight is 361 g/mol. The van der Waals surface area contributed by atoms with Crippen LogP contribution in [0.2, 0.25) is 0 Å². The minimum atomic E-state index is -0.574. The van der Waals surface area contributed by atoms with E-state index in [9.17, 15) is 14.7 Å². The highest BCUT2D eigenvalue weighted by Crippen LogP contribution is 2.31. The number of hydrogen-bond acceptors (Lipinski definition) is 7. The predicted molar refractivity (Wildman–Crippen MR) is 95.6 cm³/mol. The van der Waals surface area contributed by atoms with Gasteiger partial charge in [-0.05, 0) is 18.6 Å². The van der Waals surface area contributed by atoms with Crippen molar-refractivity contribution in [2.24, 2.45) is 0 Å². The van der Waals surface area contributed by atoms with Gasteiger partial charge in [0.05, 0.1) is 43.3 Å². The number of aliphatic hydroxyl groups is 2. The molecule has 1 atom stereocenters. The van der Waals surface area contributed by atoms with Crippen LogP contribution in [0.1, 0.15) is 6.42 Å². The number of nitrogens with zero attached hydrogens (tertiary/aromatic N) is 2. The molecule has 8 nitrogen and oxygen atoms in total. The molecule has 0 aliphatic carbocycles. The minimum Gasteiger partial charge on any atom is -0.466 e. The number of methoxy groups -OCH3 is 1. The van der Waals surface area contributed by atoms with Crippen molar-refractivity contribution >= 4 is 23.3 Å². The Balaban J connectivity index is 1.91. The van der Waals surface area contributed by atoms with Gasteiger partial charge in [-0.15, -0.1) is 0 Å². The number of aliphatic hydroxyl groups excluding tert-OH is 2. The summed E-state index contributed by atoms with van der Waals surface area (Å²) < 4.78 is 4.80. The molecule has 26 heavy (non-hydrogen) atoms. The van der Waals surface area contributed by atoms with Crippen molar-refractivity contribution < 1.29 is 24.5 Å². The monoisotopic (exact) mass is 361 g/mol. The second kappa shape index (κ2) is 7.76. The first-order valence-electron chi connectivity index (χ1n) is 8.55. The van der Waals surface area contributed by atoms with E-state index in [2.05, 4.69) is 5.32 Å². The molecule has 1 aromatic rings. The summed E-state index contributed by atoms with van der Waals surface area (Å²) in [5.41, 5.74) is 1.94. The molecule has 0 radical (unpaired) electrons. The predicted octanol–water partition coefficient (Wildman–Crippen LogP) is -0.0689. The molecular weight excluding hydrogens is 338 g/mol. The molecule has 1 aromatic carbocycles. The van der Waals surface area contributed by atoms with Crippen LogP contribution in [0.5, 0.6) is 0 Å². The van der Waals surface area contributed by atoms with Crippen LogP contribution in [0, 0.1) is 0 Å². The Hall–Kier alpha value is -2.58. The molecule has 8 heteroatoms. The number of ether oxygens (including phenoxy) is 1. The van der Waals surface area contributed by atoms with Gasteiger partial charge in [0.1, 0.15) is 5.70 Å². The van der Waals surface area contributed by atoms with Gasteiger partial charge in [0.15, 0.2) is 0 Å². The number of amides is 1. The molecule has 1 unspecified atom stereocenters. The van der Waals surface area contributed by atoms with Crippen LogP contribution in [0.4, 0.5) is 11.4 Å². The van der Waals surface area contributed by atoms with Crippen LogP contribution in [0.15, 0.2) is 35.5 Å². The van der Waals surface area contributed by atoms with Gasteiger partial charge in [-0.2, -0.15) is 0 Å². The Morgan fingerprint density at radius 2 is 2.15 bits per heavy atom. The standard InChI is InChI=1S/C18H23N3O5/c1-26-18(25)13-11-21(8-9-22)17(24)16(13)19-14-4-2-3-5-15(14)20-7-6-12(23)10-20/h2-5,12,19,22-23H,6-11H2,1H3. The largest absolute Gasteiger partial charge is 0.466 e. The highest BCUT2D eigenvalue weighted by Gasteiger charge is 2.35. The lowest BCUT2D eigenvalue weighted by Gasteiger charge is -2.22. The van der Waals surface area contributed by atoms with Crippen LogP contribution < -0.4 is 10.2 Å². The van der Waals surface area contributed by atoms with E-state index < -0.39 is 5.97 Å². The molecule has 2 aliphatic heterocycles. The second-order valence-electron chi connectivity index (χ2n) is 6.33. The topological polar surface area (TPSA) is 102 Å². The summed E-state index contributed by atoms with van der Waals surface area (Å²) in [5.74, 6) is -0.925. The molecule has 0 saturated carbocycles. The van der Waals surface area contributed by atoms with Gasteiger partial charge in [0, 0.05) is 19.6 Å². The van der Waals surface area contributed by atoms with Crippen LogP contribution >= 0.6 is 0 Å². The van der Waals surface area contributed by atoms with Crippen LogP contribution in [0.3, 0.4) is 0 Å². The number of nitrogens with one attached hydrogen (secondary N) is 1. The third-order valence-corrected chi connectivity index (χ3v) is 4.62. The van der Waals surface area contributed by atoms with E-state index in [1.54, 1.807) is 0 Å². The lowest BCUT2D eigenvalue weighted by Crippen LogP contribution is -2.31. The van der Waals surface area contributed by atoms with Gasteiger partial charge >= 0.3 is 5.97 Å².